The lowest BCUT2D eigenvalue weighted by Gasteiger charge is -2.25. The minimum absolute atomic E-state index is 0.123. The van der Waals surface area contributed by atoms with E-state index in [0.717, 1.165) is 33.7 Å². The molecule has 1 N–H and O–H groups in total. The molecule has 0 bridgehead atoms. The van der Waals surface area contributed by atoms with E-state index >= 15 is 0 Å². The summed E-state index contributed by atoms with van der Waals surface area (Å²) in [4.78, 5) is 37.1. The van der Waals surface area contributed by atoms with Crippen molar-refractivity contribution in [3.8, 4) is 0 Å². The molecular formula is C28H29N7O3. The van der Waals surface area contributed by atoms with Crippen molar-refractivity contribution < 1.29 is 14.3 Å². The van der Waals surface area contributed by atoms with Crippen molar-refractivity contribution in [2.24, 2.45) is 0 Å². The molecule has 3 aromatic heterocycles. The van der Waals surface area contributed by atoms with Gasteiger partial charge in [-0.1, -0.05) is 6.08 Å². The molecular weight excluding hydrogens is 482 g/mol. The van der Waals surface area contributed by atoms with Crippen LogP contribution in [0, 0.1) is 6.92 Å². The van der Waals surface area contributed by atoms with Crippen LogP contribution >= 0.6 is 0 Å². The maximum Gasteiger partial charge on any atom is 0.410 e. The maximum atomic E-state index is 12.9. The molecule has 5 rings (SSSR count). The number of pyridine rings is 2. The number of hydrogen-bond acceptors (Lipinski definition) is 7. The molecule has 10 nitrogen and oxygen atoms in total. The Morgan fingerprint density at radius 2 is 1.97 bits per heavy atom. The number of rotatable bonds is 6. The number of hydrogen-bond donors (Lipinski definition) is 1. The predicted molar refractivity (Wildman–Crippen MR) is 146 cm³/mol. The molecule has 2 amide bonds. The second kappa shape index (κ2) is 10.7. The normalized spacial score (nSPS) is 13.2. The molecule has 0 unspecified atom stereocenters. The zero-order chi connectivity index (χ0) is 26.6. The van der Waals surface area contributed by atoms with Gasteiger partial charge in [0.05, 0.1) is 18.5 Å². The minimum Gasteiger partial charge on any atom is -0.450 e. The van der Waals surface area contributed by atoms with Crippen molar-refractivity contribution in [2.75, 3.05) is 37.0 Å². The molecule has 194 valence electrons. The molecule has 4 heterocycles. The van der Waals surface area contributed by atoms with Gasteiger partial charge in [-0.15, -0.1) is 5.10 Å². The summed E-state index contributed by atoms with van der Waals surface area (Å²) in [5.41, 5.74) is 5.88. The number of ether oxygens (including phenoxy) is 1. The van der Waals surface area contributed by atoms with E-state index in [-0.39, 0.29) is 12.0 Å². The summed E-state index contributed by atoms with van der Waals surface area (Å²) >= 11 is 0. The number of carbonyl (C=O) groups excluding carboxylic acids is 2. The molecule has 0 spiro atoms. The zero-order valence-corrected chi connectivity index (χ0v) is 21.6. The Labute approximate surface area is 220 Å². The van der Waals surface area contributed by atoms with Gasteiger partial charge < -0.3 is 19.9 Å². The van der Waals surface area contributed by atoms with Gasteiger partial charge in [0.15, 0.2) is 5.65 Å². The van der Waals surface area contributed by atoms with Crippen molar-refractivity contribution in [3.05, 3.63) is 83.8 Å². The first kappa shape index (κ1) is 24.9. The van der Waals surface area contributed by atoms with E-state index < -0.39 is 0 Å². The summed E-state index contributed by atoms with van der Waals surface area (Å²) in [6, 6.07) is 13.1. The lowest BCUT2D eigenvalue weighted by atomic mass is 10.0. The van der Waals surface area contributed by atoms with Crippen molar-refractivity contribution in [2.45, 2.75) is 20.3 Å². The highest BCUT2D eigenvalue weighted by Gasteiger charge is 2.21. The van der Waals surface area contributed by atoms with Crippen LogP contribution in [-0.2, 0) is 4.74 Å². The van der Waals surface area contributed by atoms with Crippen molar-refractivity contribution >= 4 is 40.5 Å². The van der Waals surface area contributed by atoms with Gasteiger partial charge in [0.25, 0.3) is 5.91 Å². The van der Waals surface area contributed by atoms with E-state index in [1.807, 2.05) is 49.5 Å². The summed E-state index contributed by atoms with van der Waals surface area (Å²) in [5, 5.41) is 7.79. The Morgan fingerprint density at radius 3 is 2.68 bits per heavy atom. The topological polar surface area (TPSA) is 105 Å². The van der Waals surface area contributed by atoms with Crippen LogP contribution in [-0.4, -0.2) is 63.2 Å². The van der Waals surface area contributed by atoms with Gasteiger partial charge in [0.1, 0.15) is 0 Å². The van der Waals surface area contributed by atoms with Crippen molar-refractivity contribution in [1.82, 2.24) is 24.5 Å². The van der Waals surface area contributed by atoms with Crippen LogP contribution < -0.4 is 10.2 Å². The van der Waals surface area contributed by atoms with E-state index in [9.17, 15) is 9.59 Å². The number of fused-ring (bicyclic) bond motifs is 1. The van der Waals surface area contributed by atoms with E-state index in [0.29, 0.717) is 37.6 Å². The summed E-state index contributed by atoms with van der Waals surface area (Å²) in [6.45, 7) is 5.19. The average Bonchev–Trinajstić information content (AvgIpc) is 3.35. The van der Waals surface area contributed by atoms with Crippen molar-refractivity contribution in [3.63, 3.8) is 0 Å². The van der Waals surface area contributed by atoms with Crippen LogP contribution in [0.2, 0.25) is 0 Å². The number of aromatic nitrogens is 4. The Morgan fingerprint density at radius 1 is 1.16 bits per heavy atom. The van der Waals surface area contributed by atoms with Crippen LogP contribution in [0.5, 0.6) is 0 Å². The summed E-state index contributed by atoms with van der Waals surface area (Å²) < 4.78 is 6.84. The molecule has 0 saturated heterocycles. The van der Waals surface area contributed by atoms with E-state index in [2.05, 4.69) is 15.4 Å². The number of benzene rings is 1. The SMILES string of the molecule is CCOC(=O)N1CC=C(c2cccn3nc(Nc4ccc(C(=O)N(C)c5cncc(C)c5)cc4)nc23)CC1. The summed E-state index contributed by atoms with van der Waals surface area (Å²) in [7, 11) is 1.74. The number of nitrogens with one attached hydrogen (secondary N) is 1. The first-order valence-electron chi connectivity index (χ1n) is 12.5. The first-order chi connectivity index (χ1) is 18.4. The minimum atomic E-state index is -0.290. The Kier molecular flexibility index (Phi) is 7.03. The van der Waals surface area contributed by atoms with Gasteiger partial charge in [-0.05, 0) is 73.9 Å². The van der Waals surface area contributed by atoms with Crippen LogP contribution in [0.4, 0.5) is 22.1 Å². The fraction of sp³-hybridized carbons (Fsp3) is 0.250. The monoisotopic (exact) mass is 511 g/mol. The fourth-order valence-corrected chi connectivity index (χ4v) is 4.36. The highest BCUT2D eigenvalue weighted by Crippen LogP contribution is 2.27. The maximum absolute atomic E-state index is 12.9. The highest BCUT2D eigenvalue weighted by atomic mass is 16.6. The smallest absolute Gasteiger partial charge is 0.410 e. The second-order valence-electron chi connectivity index (χ2n) is 9.04. The predicted octanol–water partition coefficient (Wildman–Crippen LogP) is 4.70. The quantitative estimate of drug-likeness (QED) is 0.400. The van der Waals surface area contributed by atoms with Crippen LogP contribution in [0.3, 0.4) is 0 Å². The zero-order valence-electron chi connectivity index (χ0n) is 21.6. The van der Waals surface area contributed by atoms with Gasteiger partial charge in [-0.3, -0.25) is 9.78 Å². The van der Waals surface area contributed by atoms with Crippen LogP contribution in [0.15, 0.2) is 67.1 Å². The number of nitrogens with zero attached hydrogens (tertiary/aromatic N) is 6. The third-order valence-electron chi connectivity index (χ3n) is 6.38. The second-order valence-corrected chi connectivity index (χ2v) is 9.04. The lowest BCUT2D eigenvalue weighted by molar-refractivity contribution is 0.0992. The van der Waals surface area contributed by atoms with Gasteiger partial charge in [0, 0.05) is 49.3 Å². The van der Waals surface area contributed by atoms with Crippen LogP contribution in [0.1, 0.15) is 34.8 Å². The van der Waals surface area contributed by atoms with E-state index in [4.69, 9.17) is 9.72 Å². The summed E-state index contributed by atoms with van der Waals surface area (Å²) in [5.74, 6) is 0.325. The molecule has 0 atom stereocenters. The average molecular weight is 512 g/mol. The van der Waals surface area contributed by atoms with Crippen LogP contribution in [0.25, 0.3) is 11.2 Å². The first-order valence-corrected chi connectivity index (χ1v) is 12.5. The Balaban J connectivity index is 1.30. The molecule has 0 saturated carbocycles. The highest BCUT2D eigenvalue weighted by molar-refractivity contribution is 6.05. The van der Waals surface area contributed by atoms with Gasteiger partial charge in [-0.25, -0.2) is 9.31 Å². The molecule has 1 aliphatic heterocycles. The number of aryl methyl sites for hydroxylation is 1. The van der Waals surface area contributed by atoms with E-state index in [1.54, 1.807) is 52.8 Å². The largest absolute Gasteiger partial charge is 0.450 e. The van der Waals surface area contributed by atoms with Gasteiger partial charge in [0.2, 0.25) is 5.95 Å². The standard InChI is InChI=1S/C28H29N7O3/c1-4-38-28(37)34-14-11-20(12-15-34)24-6-5-13-35-25(24)31-27(32-35)30-22-9-7-21(8-10-22)26(36)33(3)23-16-19(2)17-29-18-23/h5-11,13,16-18H,4,12,14-15H2,1-3H3,(H,30,32). The Hall–Kier alpha value is -4.73. The molecule has 4 aromatic rings. The fourth-order valence-electron chi connectivity index (χ4n) is 4.36. The number of carbonyl (C=O) groups is 2. The molecule has 10 heteroatoms. The molecule has 1 aliphatic rings. The number of anilines is 3. The van der Waals surface area contributed by atoms with Gasteiger partial charge >= 0.3 is 6.09 Å². The molecule has 0 aliphatic carbocycles. The molecule has 38 heavy (non-hydrogen) atoms. The van der Waals surface area contributed by atoms with Gasteiger partial charge in [-0.2, -0.15) is 4.98 Å². The third-order valence-corrected chi connectivity index (χ3v) is 6.38. The number of amides is 2. The summed E-state index contributed by atoms with van der Waals surface area (Å²) in [6.07, 6.45) is 7.73. The van der Waals surface area contributed by atoms with E-state index in [1.165, 1.54) is 0 Å². The molecule has 0 radical (unpaired) electrons. The van der Waals surface area contributed by atoms with Crippen molar-refractivity contribution in [1.29, 1.82) is 0 Å². The molecule has 0 fully saturated rings. The molecule has 1 aromatic carbocycles. The Bertz CT molecular complexity index is 1510. The third kappa shape index (κ3) is 5.19. The lowest BCUT2D eigenvalue weighted by Crippen LogP contribution is -2.35.